The third-order valence-electron chi connectivity index (χ3n) is 2.77. The van der Waals surface area contributed by atoms with Crippen LogP contribution in [-0.4, -0.2) is 6.54 Å². The highest BCUT2D eigenvalue weighted by Crippen LogP contribution is 2.27. The van der Waals surface area contributed by atoms with E-state index in [1.165, 1.54) is 12.1 Å². The van der Waals surface area contributed by atoms with Gasteiger partial charge in [0.2, 0.25) is 0 Å². The Morgan fingerprint density at radius 1 is 1.26 bits per heavy atom. The molecule has 0 bridgehead atoms. The first-order chi connectivity index (χ1) is 9.10. The minimum atomic E-state index is -0.566. The van der Waals surface area contributed by atoms with Crippen LogP contribution >= 0.6 is 15.9 Å². The number of furan rings is 1. The van der Waals surface area contributed by atoms with Gasteiger partial charge in [-0.1, -0.05) is 6.92 Å². The summed E-state index contributed by atoms with van der Waals surface area (Å²) in [5, 5.41) is 3.24. The van der Waals surface area contributed by atoms with E-state index < -0.39 is 11.6 Å². The van der Waals surface area contributed by atoms with E-state index in [1.807, 2.05) is 6.92 Å². The number of halogens is 3. The van der Waals surface area contributed by atoms with Crippen molar-refractivity contribution >= 4 is 15.9 Å². The zero-order valence-corrected chi connectivity index (χ0v) is 12.0. The smallest absolute Gasteiger partial charge is 0.135 e. The van der Waals surface area contributed by atoms with Crippen LogP contribution in [-0.2, 0) is 6.42 Å². The fourth-order valence-electron chi connectivity index (χ4n) is 2.02. The second-order valence-corrected chi connectivity index (χ2v) is 5.08. The van der Waals surface area contributed by atoms with Crippen molar-refractivity contribution in [1.82, 2.24) is 5.32 Å². The number of likely N-dealkylation sites (N-methyl/N-ethyl adjacent to an activating group) is 1. The van der Waals surface area contributed by atoms with Gasteiger partial charge < -0.3 is 9.73 Å². The highest BCUT2D eigenvalue weighted by Gasteiger charge is 2.18. The molecule has 102 valence electrons. The van der Waals surface area contributed by atoms with E-state index in [0.29, 0.717) is 12.0 Å². The van der Waals surface area contributed by atoms with Gasteiger partial charge in [0.05, 0.1) is 16.8 Å². The van der Waals surface area contributed by atoms with E-state index in [2.05, 4.69) is 21.2 Å². The maximum Gasteiger partial charge on any atom is 0.135 e. The molecule has 1 aromatic carbocycles. The lowest BCUT2D eigenvalue weighted by Crippen LogP contribution is -2.23. The van der Waals surface area contributed by atoms with Crippen molar-refractivity contribution in [3.8, 4) is 0 Å². The average Bonchev–Trinajstić information content (AvgIpc) is 2.73. The highest BCUT2D eigenvalue weighted by atomic mass is 79.9. The lowest BCUT2D eigenvalue weighted by molar-refractivity contribution is 0.413. The second-order valence-electron chi connectivity index (χ2n) is 4.22. The molecule has 0 aliphatic rings. The monoisotopic (exact) mass is 329 g/mol. The van der Waals surface area contributed by atoms with E-state index in [9.17, 15) is 8.78 Å². The van der Waals surface area contributed by atoms with Gasteiger partial charge in [0.25, 0.3) is 0 Å². The van der Waals surface area contributed by atoms with Gasteiger partial charge in [-0.15, -0.1) is 0 Å². The van der Waals surface area contributed by atoms with Crippen LogP contribution in [0.2, 0.25) is 0 Å². The van der Waals surface area contributed by atoms with E-state index in [-0.39, 0.29) is 6.04 Å². The van der Waals surface area contributed by atoms with Gasteiger partial charge >= 0.3 is 0 Å². The van der Waals surface area contributed by atoms with Crippen LogP contribution in [0.5, 0.6) is 0 Å². The summed E-state index contributed by atoms with van der Waals surface area (Å²) < 4.78 is 32.6. The van der Waals surface area contributed by atoms with Crippen molar-refractivity contribution < 1.29 is 13.2 Å². The molecule has 0 aliphatic heterocycles. The Hall–Kier alpha value is -1.20. The standard InChI is InChI=1S/C14H14BrF2NO/c1-2-18-13(14-12(15)3-4-19-14)7-9-5-10(16)8-11(17)6-9/h3-6,8,13,18H,2,7H2,1H3. The van der Waals surface area contributed by atoms with Gasteiger partial charge in [0.1, 0.15) is 17.4 Å². The Morgan fingerprint density at radius 3 is 2.47 bits per heavy atom. The summed E-state index contributed by atoms with van der Waals surface area (Å²) in [7, 11) is 0. The zero-order valence-electron chi connectivity index (χ0n) is 10.4. The summed E-state index contributed by atoms with van der Waals surface area (Å²) in [6.45, 7) is 2.70. The Bertz CT molecular complexity index is 536. The van der Waals surface area contributed by atoms with Gasteiger partial charge in [-0.05, 0) is 52.7 Å². The van der Waals surface area contributed by atoms with E-state index in [4.69, 9.17) is 4.42 Å². The summed E-state index contributed by atoms with van der Waals surface area (Å²) >= 11 is 3.40. The summed E-state index contributed by atoms with van der Waals surface area (Å²) in [5.41, 5.74) is 0.590. The molecule has 2 aromatic rings. The van der Waals surface area contributed by atoms with E-state index in [0.717, 1.165) is 22.8 Å². The number of benzene rings is 1. The molecule has 1 aromatic heterocycles. The first-order valence-electron chi connectivity index (χ1n) is 6.01. The summed E-state index contributed by atoms with van der Waals surface area (Å²) in [5.74, 6) is -0.404. The molecule has 19 heavy (non-hydrogen) atoms. The van der Waals surface area contributed by atoms with Crippen molar-refractivity contribution in [1.29, 1.82) is 0 Å². The van der Waals surface area contributed by atoms with Gasteiger partial charge in [0.15, 0.2) is 0 Å². The van der Waals surface area contributed by atoms with Crippen LogP contribution in [0.15, 0.2) is 39.4 Å². The van der Waals surface area contributed by atoms with Crippen molar-refractivity contribution in [2.45, 2.75) is 19.4 Å². The fourth-order valence-corrected chi connectivity index (χ4v) is 2.50. The van der Waals surface area contributed by atoms with Crippen LogP contribution in [0.1, 0.15) is 24.3 Å². The quantitative estimate of drug-likeness (QED) is 0.888. The molecule has 1 unspecified atom stereocenters. The highest BCUT2D eigenvalue weighted by molar-refractivity contribution is 9.10. The summed E-state index contributed by atoms with van der Waals surface area (Å²) in [6.07, 6.45) is 2.03. The topological polar surface area (TPSA) is 25.2 Å². The molecule has 0 saturated heterocycles. The van der Waals surface area contributed by atoms with Crippen LogP contribution in [0.25, 0.3) is 0 Å². The molecule has 1 heterocycles. The first kappa shape index (κ1) is 14.2. The minimum absolute atomic E-state index is 0.129. The Balaban J connectivity index is 2.23. The van der Waals surface area contributed by atoms with Crippen LogP contribution in [0.3, 0.4) is 0 Å². The summed E-state index contributed by atoms with van der Waals surface area (Å²) in [6, 6.07) is 5.21. The molecule has 0 saturated carbocycles. The predicted octanol–water partition coefficient (Wildman–Crippen LogP) is 4.21. The van der Waals surface area contributed by atoms with Gasteiger partial charge in [-0.25, -0.2) is 8.78 Å². The third kappa shape index (κ3) is 3.64. The van der Waals surface area contributed by atoms with Crippen molar-refractivity contribution in [2.75, 3.05) is 6.54 Å². The molecular weight excluding hydrogens is 316 g/mol. The fraction of sp³-hybridized carbons (Fsp3) is 0.286. The number of nitrogens with one attached hydrogen (secondary N) is 1. The Labute approximate surface area is 118 Å². The molecule has 1 N–H and O–H groups in total. The third-order valence-corrected chi connectivity index (χ3v) is 3.43. The minimum Gasteiger partial charge on any atom is -0.466 e. The number of hydrogen-bond donors (Lipinski definition) is 1. The second kappa shape index (κ2) is 6.30. The van der Waals surface area contributed by atoms with Crippen LogP contribution in [0.4, 0.5) is 8.78 Å². The largest absolute Gasteiger partial charge is 0.466 e. The average molecular weight is 330 g/mol. The maximum absolute atomic E-state index is 13.2. The van der Waals surface area contributed by atoms with Crippen LogP contribution in [0, 0.1) is 11.6 Å². The summed E-state index contributed by atoms with van der Waals surface area (Å²) in [4.78, 5) is 0. The molecule has 0 amide bonds. The number of rotatable bonds is 5. The molecule has 0 spiro atoms. The molecule has 0 fully saturated rings. The van der Waals surface area contributed by atoms with Crippen molar-refractivity contribution in [2.24, 2.45) is 0 Å². The normalized spacial score (nSPS) is 12.6. The van der Waals surface area contributed by atoms with E-state index in [1.54, 1.807) is 12.3 Å². The SMILES string of the molecule is CCNC(Cc1cc(F)cc(F)c1)c1occc1Br. The lowest BCUT2D eigenvalue weighted by Gasteiger charge is -2.16. The van der Waals surface area contributed by atoms with Gasteiger partial charge in [-0.3, -0.25) is 0 Å². The Morgan fingerprint density at radius 2 is 1.95 bits per heavy atom. The molecule has 1 atom stereocenters. The molecule has 0 aliphatic carbocycles. The first-order valence-corrected chi connectivity index (χ1v) is 6.80. The van der Waals surface area contributed by atoms with Gasteiger partial charge in [0, 0.05) is 6.07 Å². The molecular formula is C14H14BrF2NO. The molecule has 5 heteroatoms. The predicted molar refractivity (Wildman–Crippen MR) is 72.9 cm³/mol. The molecule has 2 rings (SSSR count). The Kier molecular flexibility index (Phi) is 4.71. The van der Waals surface area contributed by atoms with Crippen molar-refractivity contribution in [3.63, 3.8) is 0 Å². The van der Waals surface area contributed by atoms with Gasteiger partial charge in [-0.2, -0.15) is 0 Å². The van der Waals surface area contributed by atoms with E-state index >= 15 is 0 Å². The van der Waals surface area contributed by atoms with Crippen molar-refractivity contribution in [3.05, 3.63) is 58.0 Å². The molecule has 0 radical (unpaired) electrons. The zero-order chi connectivity index (χ0) is 13.8. The maximum atomic E-state index is 13.2. The number of hydrogen-bond acceptors (Lipinski definition) is 2. The molecule has 2 nitrogen and oxygen atoms in total. The van der Waals surface area contributed by atoms with Crippen LogP contribution < -0.4 is 5.32 Å². The lowest BCUT2D eigenvalue weighted by atomic mass is 10.0.